The number of nitrogens with zero attached hydrogens (tertiary/aromatic N) is 3. The fourth-order valence-corrected chi connectivity index (χ4v) is 3.81. The van der Waals surface area contributed by atoms with Crippen LogP contribution in [0.25, 0.3) is 43.1 Å². The molecular weight excluding hydrogens is 334 g/mol. The molecule has 2 aliphatic heterocycles. The second-order valence-corrected chi connectivity index (χ2v) is 6.86. The van der Waals surface area contributed by atoms with Crippen LogP contribution in [0.1, 0.15) is 5.56 Å². The predicted octanol–water partition coefficient (Wildman–Crippen LogP) is 4.27. The summed E-state index contributed by atoms with van der Waals surface area (Å²) in [7, 11) is 0. The van der Waals surface area contributed by atoms with Crippen LogP contribution in [0, 0.1) is 6.92 Å². The summed E-state index contributed by atoms with van der Waals surface area (Å²) in [6.07, 6.45) is 0. The lowest BCUT2D eigenvalue weighted by atomic mass is 10.1. The van der Waals surface area contributed by atoms with Gasteiger partial charge in [-0.05, 0) is 30.7 Å². The van der Waals surface area contributed by atoms with Gasteiger partial charge in [-0.1, -0.05) is 41.7 Å². The van der Waals surface area contributed by atoms with Crippen molar-refractivity contribution in [1.29, 1.82) is 0 Å². The third kappa shape index (κ3) is 2.22. The zero-order valence-electron chi connectivity index (χ0n) is 13.2. The quantitative estimate of drug-likeness (QED) is 0.424. The van der Waals surface area contributed by atoms with E-state index in [1.165, 1.54) is 11.3 Å². The number of rotatable bonds is 1. The molecule has 3 heterocycles. The van der Waals surface area contributed by atoms with Gasteiger partial charge in [-0.15, -0.1) is 10.2 Å². The molecule has 0 fully saturated rings. The van der Waals surface area contributed by atoms with Crippen LogP contribution in [0.4, 0.5) is 0 Å². The number of aryl methyl sites for hydroxylation is 1. The van der Waals surface area contributed by atoms with Crippen LogP contribution in [0.3, 0.4) is 0 Å². The van der Waals surface area contributed by atoms with E-state index >= 15 is 0 Å². The lowest BCUT2D eigenvalue weighted by Gasteiger charge is -2.03. The van der Waals surface area contributed by atoms with Crippen molar-refractivity contribution in [3.05, 3.63) is 64.5 Å². The Balaban J connectivity index is 1.75. The minimum atomic E-state index is -0.417. The number of fused-ring (bicyclic) bond motifs is 4. The van der Waals surface area contributed by atoms with Crippen LogP contribution in [-0.4, -0.2) is 15.2 Å². The van der Waals surface area contributed by atoms with E-state index in [0.29, 0.717) is 16.2 Å². The summed E-state index contributed by atoms with van der Waals surface area (Å²) in [4.78, 5) is 17.0. The molecule has 1 aromatic heterocycles. The zero-order valence-corrected chi connectivity index (χ0v) is 14.0. The van der Waals surface area contributed by atoms with Crippen molar-refractivity contribution in [2.75, 3.05) is 0 Å². The Morgan fingerprint density at radius 1 is 1.00 bits per heavy atom. The van der Waals surface area contributed by atoms with Gasteiger partial charge in [0.15, 0.2) is 5.01 Å². The molecule has 5 nitrogen and oxygen atoms in total. The van der Waals surface area contributed by atoms with Crippen molar-refractivity contribution >= 4 is 33.2 Å². The lowest BCUT2D eigenvalue weighted by Crippen LogP contribution is -2.04. The smallest absolute Gasteiger partial charge is 0.346 e. The van der Waals surface area contributed by atoms with E-state index in [0.717, 1.165) is 32.6 Å². The highest BCUT2D eigenvalue weighted by Crippen LogP contribution is 2.34. The molecule has 0 radical (unpaired) electrons. The average molecular weight is 345 g/mol. The molecule has 0 saturated carbocycles. The van der Waals surface area contributed by atoms with Gasteiger partial charge in [0.2, 0.25) is 0 Å². The maximum Gasteiger partial charge on any atom is 0.346 e. The van der Waals surface area contributed by atoms with Crippen LogP contribution < -0.4 is 5.63 Å². The van der Waals surface area contributed by atoms with E-state index in [-0.39, 0.29) is 0 Å². The first-order valence-electron chi connectivity index (χ1n) is 7.76. The topological polar surface area (TPSA) is 68.9 Å². The van der Waals surface area contributed by atoms with Gasteiger partial charge in [0, 0.05) is 10.8 Å². The minimum absolute atomic E-state index is 0.405. The predicted molar refractivity (Wildman–Crippen MR) is 98.0 cm³/mol. The van der Waals surface area contributed by atoms with Gasteiger partial charge < -0.3 is 4.42 Å². The maximum absolute atomic E-state index is 12.4. The molecule has 0 N–H and O–H groups in total. The summed E-state index contributed by atoms with van der Waals surface area (Å²) >= 11 is 1.35. The van der Waals surface area contributed by atoms with Crippen molar-refractivity contribution in [3.63, 3.8) is 0 Å². The first-order valence-corrected chi connectivity index (χ1v) is 8.57. The van der Waals surface area contributed by atoms with Gasteiger partial charge in [0.1, 0.15) is 16.3 Å². The summed E-state index contributed by atoms with van der Waals surface area (Å²) in [6.45, 7) is 1.96. The van der Waals surface area contributed by atoms with E-state index < -0.39 is 5.63 Å². The van der Waals surface area contributed by atoms with E-state index in [9.17, 15) is 4.79 Å². The van der Waals surface area contributed by atoms with Crippen molar-refractivity contribution in [1.82, 2.24) is 15.2 Å². The highest BCUT2D eigenvalue weighted by molar-refractivity contribution is 7.17. The van der Waals surface area contributed by atoms with Crippen molar-refractivity contribution in [3.8, 4) is 21.3 Å². The molecule has 25 heavy (non-hydrogen) atoms. The fourth-order valence-electron chi connectivity index (χ4n) is 2.90. The first kappa shape index (κ1) is 14.2. The summed E-state index contributed by atoms with van der Waals surface area (Å²) in [5.41, 5.74) is 3.23. The van der Waals surface area contributed by atoms with Crippen LogP contribution in [0.15, 0.2) is 57.7 Å². The molecule has 0 saturated heterocycles. The Hall–Kier alpha value is -3.12. The summed E-state index contributed by atoms with van der Waals surface area (Å²) in [5, 5.41) is 11.6. The van der Waals surface area contributed by atoms with E-state index in [4.69, 9.17) is 4.42 Å². The van der Waals surface area contributed by atoms with Crippen LogP contribution in [0.5, 0.6) is 0 Å². The Bertz CT molecular complexity index is 1290. The number of benzene rings is 2. The molecule has 2 aliphatic rings. The molecule has 120 valence electrons. The number of hydrogen-bond acceptors (Lipinski definition) is 6. The standard InChI is InChI=1S/C19H11N3O2S/c1-10-6-7-11-9-13(19(23)24-15(11)8-10)17-22-21-16-12-4-2-3-5-14(12)20-18(16)25-17/h2-9H,1H3. The van der Waals surface area contributed by atoms with Gasteiger partial charge in [0.05, 0.1) is 11.1 Å². The number of aromatic nitrogens is 3. The van der Waals surface area contributed by atoms with Crippen LogP contribution >= 0.6 is 11.3 Å². The molecule has 3 aromatic rings. The summed E-state index contributed by atoms with van der Waals surface area (Å²) in [6, 6.07) is 15.4. The van der Waals surface area contributed by atoms with Crippen molar-refractivity contribution in [2.45, 2.75) is 6.92 Å². The second-order valence-electron chi connectivity index (χ2n) is 5.88. The van der Waals surface area contributed by atoms with Gasteiger partial charge in [0.25, 0.3) is 0 Å². The minimum Gasteiger partial charge on any atom is -0.422 e. The Kier molecular flexibility index (Phi) is 2.96. The molecule has 5 rings (SSSR count). The molecule has 2 aromatic carbocycles. The maximum atomic E-state index is 12.4. The Morgan fingerprint density at radius 2 is 1.88 bits per heavy atom. The summed E-state index contributed by atoms with van der Waals surface area (Å²) < 4.78 is 5.46. The molecule has 0 spiro atoms. The highest BCUT2D eigenvalue weighted by Gasteiger charge is 2.18. The molecular formula is C19H11N3O2S. The van der Waals surface area contributed by atoms with Gasteiger partial charge in [-0.3, -0.25) is 0 Å². The zero-order chi connectivity index (χ0) is 17.0. The van der Waals surface area contributed by atoms with Crippen LogP contribution in [0.2, 0.25) is 0 Å². The highest BCUT2D eigenvalue weighted by atomic mass is 32.1. The van der Waals surface area contributed by atoms with Crippen LogP contribution in [-0.2, 0) is 0 Å². The third-order valence-electron chi connectivity index (χ3n) is 4.14. The van der Waals surface area contributed by atoms with Gasteiger partial charge in [-0.2, -0.15) is 0 Å². The van der Waals surface area contributed by atoms with Gasteiger partial charge >= 0.3 is 5.63 Å². The van der Waals surface area contributed by atoms with E-state index in [1.54, 1.807) is 6.07 Å². The lowest BCUT2D eigenvalue weighted by molar-refractivity contribution is 0.563. The number of hydrogen-bond donors (Lipinski definition) is 0. The molecule has 0 atom stereocenters. The normalized spacial score (nSPS) is 11.6. The fraction of sp³-hybridized carbons (Fsp3) is 0.0526. The molecule has 0 aliphatic carbocycles. The Morgan fingerprint density at radius 3 is 2.80 bits per heavy atom. The third-order valence-corrected chi connectivity index (χ3v) is 5.11. The largest absolute Gasteiger partial charge is 0.422 e. The SMILES string of the molecule is Cc1ccc2cc(-c3nnc4c5ccccc5nc-4s3)c(=O)oc2c1. The number of para-hydroxylation sites is 1. The average Bonchev–Trinajstić information content (AvgIpc) is 2.98. The monoisotopic (exact) mass is 345 g/mol. The van der Waals surface area contributed by atoms with Crippen molar-refractivity contribution < 1.29 is 4.42 Å². The molecule has 0 unspecified atom stereocenters. The summed E-state index contributed by atoms with van der Waals surface area (Å²) in [5.74, 6) is 0. The van der Waals surface area contributed by atoms with Gasteiger partial charge in [-0.25, -0.2) is 9.78 Å². The van der Waals surface area contributed by atoms with E-state index in [2.05, 4.69) is 15.2 Å². The molecule has 0 bridgehead atoms. The molecule has 6 heteroatoms. The molecule has 0 amide bonds. The first-order chi connectivity index (χ1) is 12.2. The Labute approximate surface area is 145 Å². The van der Waals surface area contributed by atoms with E-state index in [1.807, 2.05) is 49.4 Å². The van der Waals surface area contributed by atoms with Crippen molar-refractivity contribution in [2.24, 2.45) is 0 Å². The second kappa shape index (κ2) is 5.19.